The fourth-order valence-electron chi connectivity index (χ4n) is 5.24. The molecular formula is C29H28F3N7O2. The molecule has 0 spiro atoms. The van der Waals surface area contributed by atoms with Gasteiger partial charge in [0.15, 0.2) is 5.82 Å². The Bertz CT molecular complexity index is 1590. The number of pyridine rings is 1. The molecule has 3 atom stereocenters. The number of halogens is 3. The molecule has 1 aromatic carbocycles. The highest BCUT2D eigenvalue weighted by Crippen LogP contribution is 2.48. The van der Waals surface area contributed by atoms with E-state index in [-0.39, 0.29) is 23.8 Å². The highest BCUT2D eigenvalue weighted by atomic mass is 19.4. The van der Waals surface area contributed by atoms with Gasteiger partial charge in [-0.2, -0.15) is 18.3 Å². The Labute approximate surface area is 234 Å². The zero-order valence-corrected chi connectivity index (χ0v) is 22.6. The Hall–Kier alpha value is -4.32. The molecule has 2 aliphatic rings. The maximum absolute atomic E-state index is 13.3. The van der Waals surface area contributed by atoms with Crippen molar-refractivity contribution in [3.05, 3.63) is 77.7 Å². The van der Waals surface area contributed by atoms with Crippen LogP contribution in [0.4, 0.5) is 13.2 Å². The van der Waals surface area contributed by atoms with E-state index in [2.05, 4.69) is 20.1 Å². The highest BCUT2D eigenvalue weighted by Gasteiger charge is 2.59. The number of rotatable bonds is 6. The Kier molecular flexibility index (Phi) is 6.33. The van der Waals surface area contributed by atoms with Crippen LogP contribution >= 0.6 is 0 Å². The van der Waals surface area contributed by atoms with E-state index < -0.39 is 17.3 Å². The number of likely N-dealkylation sites (tertiary alicyclic amines) is 1. The number of fused-ring (bicyclic) bond motifs is 1. The SMILES string of the molecule is Cn1nc(-c2ncccn2)cc1C(=O)N1C[C@@H]2[C@H](C1)[C@@H]2Oc1cc(C(C)(C)N)cc(-c2ccc(C(F)(F)F)cc2)n1. The molecule has 1 saturated heterocycles. The predicted molar refractivity (Wildman–Crippen MR) is 143 cm³/mol. The third kappa shape index (κ3) is 5.26. The van der Waals surface area contributed by atoms with Gasteiger partial charge in [0, 0.05) is 67.6 Å². The molecule has 9 nitrogen and oxygen atoms in total. The van der Waals surface area contributed by atoms with E-state index in [1.807, 2.05) is 13.8 Å². The second-order valence-corrected chi connectivity index (χ2v) is 11.1. The van der Waals surface area contributed by atoms with E-state index in [4.69, 9.17) is 10.5 Å². The number of nitrogens with two attached hydrogens (primary N) is 1. The van der Waals surface area contributed by atoms with Gasteiger partial charge < -0.3 is 15.4 Å². The van der Waals surface area contributed by atoms with Gasteiger partial charge in [0.1, 0.15) is 17.5 Å². The maximum Gasteiger partial charge on any atom is 0.416 e. The largest absolute Gasteiger partial charge is 0.474 e. The first kappa shape index (κ1) is 26.9. The summed E-state index contributed by atoms with van der Waals surface area (Å²) < 4.78 is 47.0. The molecule has 0 bridgehead atoms. The van der Waals surface area contributed by atoms with Crippen LogP contribution in [0.15, 0.2) is 60.9 Å². The standard InChI is InChI=1S/C29H28F3N7O2/c1-28(2,33)18-11-21(16-5-7-17(8-6-16)29(30,31)32)36-24(12-18)41-25-19-14-39(15-20(19)25)27(40)23-13-22(37-38(23)3)26-34-9-4-10-35-26/h4-13,19-20,25H,14-15,33H2,1-3H3/t19-,20+,25-. The smallest absolute Gasteiger partial charge is 0.416 e. The number of aromatic nitrogens is 5. The van der Waals surface area contributed by atoms with Gasteiger partial charge in [-0.3, -0.25) is 9.48 Å². The first-order valence-corrected chi connectivity index (χ1v) is 13.1. The molecule has 41 heavy (non-hydrogen) atoms. The molecule has 4 heterocycles. The molecule has 12 heteroatoms. The first-order valence-electron chi connectivity index (χ1n) is 13.1. The summed E-state index contributed by atoms with van der Waals surface area (Å²) in [7, 11) is 1.72. The van der Waals surface area contributed by atoms with E-state index in [1.54, 1.807) is 53.3 Å². The molecule has 1 aliphatic carbocycles. The van der Waals surface area contributed by atoms with Crippen LogP contribution in [0.3, 0.4) is 0 Å². The molecule has 4 aromatic rings. The van der Waals surface area contributed by atoms with E-state index in [0.717, 1.165) is 17.7 Å². The summed E-state index contributed by atoms with van der Waals surface area (Å²) in [5.74, 6) is 0.978. The molecule has 212 valence electrons. The monoisotopic (exact) mass is 563 g/mol. The number of hydrogen-bond acceptors (Lipinski definition) is 7. The summed E-state index contributed by atoms with van der Waals surface area (Å²) in [4.78, 5) is 28.1. The normalized spacial score (nSPS) is 20.2. The van der Waals surface area contributed by atoms with Crippen LogP contribution in [-0.4, -0.2) is 54.7 Å². The summed E-state index contributed by atoms with van der Waals surface area (Å²) in [6.07, 6.45) is -1.30. The van der Waals surface area contributed by atoms with Crippen LogP contribution < -0.4 is 10.5 Å². The molecule has 0 radical (unpaired) electrons. The number of carbonyl (C=O) groups is 1. The molecule has 1 saturated carbocycles. The number of hydrogen-bond donors (Lipinski definition) is 1. The van der Waals surface area contributed by atoms with Crippen LogP contribution in [0.2, 0.25) is 0 Å². The van der Waals surface area contributed by atoms with Crippen LogP contribution in [0.1, 0.15) is 35.5 Å². The Balaban J connectivity index is 1.16. The summed E-state index contributed by atoms with van der Waals surface area (Å²) in [6.45, 7) is 4.74. The Morgan fingerprint density at radius 1 is 0.976 bits per heavy atom. The predicted octanol–water partition coefficient (Wildman–Crippen LogP) is 4.30. The van der Waals surface area contributed by atoms with Crippen molar-refractivity contribution in [3.63, 3.8) is 0 Å². The molecule has 3 aromatic heterocycles. The van der Waals surface area contributed by atoms with Gasteiger partial charge in [-0.05, 0) is 43.7 Å². The zero-order valence-electron chi connectivity index (χ0n) is 22.6. The van der Waals surface area contributed by atoms with Crippen LogP contribution in [0.5, 0.6) is 5.88 Å². The van der Waals surface area contributed by atoms with E-state index in [1.165, 1.54) is 12.1 Å². The number of piperidine rings is 1. The number of amides is 1. The third-order valence-electron chi connectivity index (χ3n) is 7.61. The minimum atomic E-state index is -4.42. The Morgan fingerprint density at radius 3 is 2.24 bits per heavy atom. The second-order valence-electron chi connectivity index (χ2n) is 11.1. The average molecular weight is 564 g/mol. The molecule has 6 rings (SSSR count). The van der Waals surface area contributed by atoms with Gasteiger partial charge in [-0.1, -0.05) is 12.1 Å². The van der Waals surface area contributed by atoms with Gasteiger partial charge in [-0.15, -0.1) is 0 Å². The van der Waals surface area contributed by atoms with Gasteiger partial charge in [0.2, 0.25) is 5.88 Å². The summed E-state index contributed by atoms with van der Waals surface area (Å²) in [6, 6.07) is 11.8. The van der Waals surface area contributed by atoms with Crippen molar-refractivity contribution < 1.29 is 22.7 Å². The van der Waals surface area contributed by atoms with E-state index >= 15 is 0 Å². The van der Waals surface area contributed by atoms with Crippen molar-refractivity contribution in [1.29, 1.82) is 0 Å². The van der Waals surface area contributed by atoms with Crippen LogP contribution in [0.25, 0.3) is 22.8 Å². The lowest BCUT2D eigenvalue weighted by Gasteiger charge is -2.22. The fourth-order valence-corrected chi connectivity index (χ4v) is 5.24. The Morgan fingerprint density at radius 2 is 1.63 bits per heavy atom. The number of carbonyl (C=O) groups excluding carboxylic acids is 1. The topological polar surface area (TPSA) is 112 Å². The second kappa shape index (κ2) is 9.65. The summed E-state index contributed by atoms with van der Waals surface area (Å²) in [5, 5.41) is 4.40. The van der Waals surface area contributed by atoms with Crippen molar-refractivity contribution in [2.75, 3.05) is 13.1 Å². The van der Waals surface area contributed by atoms with Crippen molar-refractivity contribution in [1.82, 2.24) is 29.6 Å². The number of alkyl halides is 3. The number of aryl methyl sites for hydroxylation is 1. The first-order chi connectivity index (χ1) is 19.4. The maximum atomic E-state index is 13.3. The van der Waals surface area contributed by atoms with Crippen LogP contribution in [0, 0.1) is 11.8 Å². The molecular weight excluding hydrogens is 535 g/mol. The van der Waals surface area contributed by atoms with E-state index in [0.29, 0.717) is 47.4 Å². The molecule has 0 unspecified atom stereocenters. The van der Waals surface area contributed by atoms with Crippen molar-refractivity contribution in [2.24, 2.45) is 24.6 Å². The van der Waals surface area contributed by atoms with Gasteiger partial charge in [-0.25, -0.2) is 15.0 Å². The minimum absolute atomic E-state index is 0.122. The average Bonchev–Trinajstić information content (AvgIpc) is 3.25. The number of benzene rings is 1. The van der Waals surface area contributed by atoms with Crippen molar-refractivity contribution >= 4 is 5.91 Å². The molecule has 2 fully saturated rings. The fraction of sp³-hybridized carbons (Fsp3) is 0.345. The summed E-state index contributed by atoms with van der Waals surface area (Å²) >= 11 is 0. The quantitative estimate of drug-likeness (QED) is 0.372. The number of ether oxygens (including phenoxy) is 1. The molecule has 2 N–H and O–H groups in total. The zero-order chi connectivity index (χ0) is 29.1. The van der Waals surface area contributed by atoms with Gasteiger partial charge >= 0.3 is 6.18 Å². The number of nitrogens with zero attached hydrogens (tertiary/aromatic N) is 6. The van der Waals surface area contributed by atoms with Gasteiger partial charge in [0.25, 0.3) is 5.91 Å². The third-order valence-corrected chi connectivity index (χ3v) is 7.61. The molecule has 1 aliphatic heterocycles. The lowest BCUT2D eigenvalue weighted by molar-refractivity contribution is -0.137. The highest BCUT2D eigenvalue weighted by molar-refractivity contribution is 5.94. The van der Waals surface area contributed by atoms with Gasteiger partial charge in [0.05, 0.1) is 11.3 Å². The van der Waals surface area contributed by atoms with Crippen molar-refractivity contribution in [3.8, 4) is 28.7 Å². The molecule has 1 amide bonds. The summed E-state index contributed by atoms with van der Waals surface area (Å²) in [5.41, 5.74) is 7.63. The van der Waals surface area contributed by atoms with Crippen LogP contribution in [-0.2, 0) is 18.8 Å². The lowest BCUT2D eigenvalue weighted by atomic mass is 9.94. The lowest BCUT2D eigenvalue weighted by Crippen LogP contribution is -2.34. The van der Waals surface area contributed by atoms with E-state index in [9.17, 15) is 18.0 Å². The minimum Gasteiger partial charge on any atom is -0.474 e. The van der Waals surface area contributed by atoms with Crippen molar-refractivity contribution in [2.45, 2.75) is 31.7 Å².